The van der Waals surface area contributed by atoms with Gasteiger partial charge < -0.3 is 0 Å². The first kappa shape index (κ1) is 9.73. The normalized spacial score (nSPS) is 12.1. The first-order valence-corrected chi connectivity index (χ1v) is 6.60. The number of fused-ring (bicyclic) bond motifs is 1. The van der Waals surface area contributed by atoms with Gasteiger partial charge in [0, 0.05) is 16.1 Å². The van der Waals surface area contributed by atoms with Crippen LogP contribution in [0.5, 0.6) is 0 Å². The molecule has 0 amide bonds. The molecule has 3 nitrogen and oxygen atoms in total. The maximum atomic E-state index is 11.4. The quantitative estimate of drug-likeness (QED) is 0.799. The zero-order chi connectivity index (χ0) is 10.3. The van der Waals surface area contributed by atoms with Crippen LogP contribution in [0.1, 0.15) is 0 Å². The standard InChI is InChI=1S/C9H8BrNO2S/c1-14(12,13)11-6-5-7-8(10)3-2-4-9(7)11/h2-6H,1H3. The number of halogens is 1. The van der Waals surface area contributed by atoms with Gasteiger partial charge in [-0.2, -0.15) is 0 Å². The zero-order valence-electron chi connectivity index (χ0n) is 7.44. The fraction of sp³-hybridized carbons (Fsp3) is 0.111. The molecule has 0 aliphatic heterocycles. The van der Waals surface area contributed by atoms with Gasteiger partial charge in [0.15, 0.2) is 0 Å². The highest BCUT2D eigenvalue weighted by Gasteiger charge is 2.10. The van der Waals surface area contributed by atoms with Crippen molar-refractivity contribution < 1.29 is 8.42 Å². The lowest BCUT2D eigenvalue weighted by Gasteiger charge is -2.01. The van der Waals surface area contributed by atoms with E-state index in [0.717, 1.165) is 9.86 Å². The van der Waals surface area contributed by atoms with E-state index in [-0.39, 0.29) is 0 Å². The Morgan fingerprint density at radius 3 is 2.64 bits per heavy atom. The molecule has 0 bridgehead atoms. The molecule has 0 aliphatic rings. The molecule has 0 saturated carbocycles. The van der Waals surface area contributed by atoms with Crippen LogP contribution >= 0.6 is 15.9 Å². The van der Waals surface area contributed by atoms with Crippen LogP contribution < -0.4 is 0 Å². The summed E-state index contributed by atoms with van der Waals surface area (Å²) in [6.07, 6.45) is 2.75. The third-order valence-electron chi connectivity index (χ3n) is 2.00. The molecule has 5 heteroatoms. The number of benzene rings is 1. The van der Waals surface area contributed by atoms with Crippen molar-refractivity contribution in [2.75, 3.05) is 6.26 Å². The van der Waals surface area contributed by atoms with E-state index in [1.165, 1.54) is 10.2 Å². The predicted octanol–water partition coefficient (Wildman–Crippen LogP) is 2.21. The van der Waals surface area contributed by atoms with Gasteiger partial charge in [0.25, 0.3) is 0 Å². The van der Waals surface area contributed by atoms with Crippen molar-refractivity contribution in [1.82, 2.24) is 3.97 Å². The minimum Gasteiger partial charge on any atom is -0.245 e. The van der Waals surface area contributed by atoms with E-state index in [4.69, 9.17) is 0 Å². The van der Waals surface area contributed by atoms with Gasteiger partial charge in [-0.05, 0) is 18.2 Å². The first-order valence-electron chi connectivity index (χ1n) is 3.96. The summed E-state index contributed by atoms with van der Waals surface area (Å²) < 4.78 is 24.9. The maximum Gasteiger partial charge on any atom is 0.236 e. The number of rotatable bonds is 1. The fourth-order valence-electron chi connectivity index (χ4n) is 1.39. The molecule has 0 spiro atoms. The average Bonchev–Trinajstić information content (AvgIpc) is 2.47. The van der Waals surface area contributed by atoms with Crippen molar-refractivity contribution in [2.45, 2.75) is 0 Å². The summed E-state index contributed by atoms with van der Waals surface area (Å²) in [5.41, 5.74) is 0.696. The third kappa shape index (κ3) is 1.46. The molecular weight excluding hydrogens is 266 g/mol. The minimum atomic E-state index is -3.21. The monoisotopic (exact) mass is 273 g/mol. The highest BCUT2D eigenvalue weighted by Crippen LogP contribution is 2.25. The van der Waals surface area contributed by atoms with E-state index in [0.29, 0.717) is 5.52 Å². The van der Waals surface area contributed by atoms with Gasteiger partial charge in [0.05, 0.1) is 11.8 Å². The summed E-state index contributed by atoms with van der Waals surface area (Å²) in [5.74, 6) is 0. The van der Waals surface area contributed by atoms with Crippen LogP contribution in [0.3, 0.4) is 0 Å². The van der Waals surface area contributed by atoms with Crippen molar-refractivity contribution in [2.24, 2.45) is 0 Å². The highest BCUT2D eigenvalue weighted by molar-refractivity contribution is 9.10. The number of hydrogen-bond acceptors (Lipinski definition) is 2. The summed E-state index contributed by atoms with van der Waals surface area (Å²) in [7, 11) is -3.21. The number of nitrogens with zero attached hydrogens (tertiary/aromatic N) is 1. The third-order valence-corrected chi connectivity index (χ3v) is 3.73. The van der Waals surface area contributed by atoms with E-state index in [1.807, 2.05) is 12.1 Å². The second-order valence-electron chi connectivity index (χ2n) is 3.05. The predicted molar refractivity (Wildman–Crippen MR) is 59.9 cm³/mol. The molecule has 74 valence electrons. The Morgan fingerprint density at radius 2 is 2.00 bits per heavy atom. The first-order chi connectivity index (χ1) is 6.50. The van der Waals surface area contributed by atoms with Crippen molar-refractivity contribution in [3.63, 3.8) is 0 Å². The topological polar surface area (TPSA) is 39.1 Å². The maximum absolute atomic E-state index is 11.4. The van der Waals surface area contributed by atoms with E-state index in [1.54, 1.807) is 18.3 Å². The molecule has 1 aromatic heterocycles. The molecule has 0 radical (unpaired) electrons. The van der Waals surface area contributed by atoms with Crippen LogP contribution in [-0.4, -0.2) is 18.6 Å². The van der Waals surface area contributed by atoms with Crippen molar-refractivity contribution in [1.29, 1.82) is 0 Å². The van der Waals surface area contributed by atoms with E-state index in [9.17, 15) is 8.42 Å². The molecular formula is C9H8BrNO2S. The summed E-state index contributed by atoms with van der Waals surface area (Å²) in [6, 6.07) is 7.25. The SMILES string of the molecule is CS(=O)(=O)n1ccc2c(Br)cccc21. The molecule has 1 heterocycles. The van der Waals surface area contributed by atoms with E-state index >= 15 is 0 Å². The van der Waals surface area contributed by atoms with Gasteiger partial charge in [-0.15, -0.1) is 0 Å². The van der Waals surface area contributed by atoms with Gasteiger partial charge in [0.1, 0.15) is 0 Å². The Balaban J connectivity index is 2.90. The number of aromatic nitrogens is 1. The number of hydrogen-bond donors (Lipinski definition) is 0. The molecule has 0 saturated heterocycles. The lowest BCUT2D eigenvalue weighted by molar-refractivity contribution is 0.595. The fourth-order valence-corrected chi connectivity index (χ4v) is 2.68. The minimum absolute atomic E-state index is 0.696. The van der Waals surface area contributed by atoms with Crippen molar-refractivity contribution >= 4 is 36.9 Å². The Morgan fingerprint density at radius 1 is 1.29 bits per heavy atom. The van der Waals surface area contributed by atoms with E-state index < -0.39 is 10.0 Å². The molecule has 2 aromatic rings. The highest BCUT2D eigenvalue weighted by atomic mass is 79.9. The molecule has 1 aromatic carbocycles. The molecule has 0 atom stereocenters. The lowest BCUT2D eigenvalue weighted by Crippen LogP contribution is -2.07. The van der Waals surface area contributed by atoms with Gasteiger partial charge in [-0.1, -0.05) is 22.0 Å². The van der Waals surface area contributed by atoms with Gasteiger partial charge in [0.2, 0.25) is 10.0 Å². The lowest BCUT2D eigenvalue weighted by atomic mass is 10.3. The largest absolute Gasteiger partial charge is 0.245 e. The smallest absolute Gasteiger partial charge is 0.236 e. The van der Waals surface area contributed by atoms with Crippen LogP contribution in [0.2, 0.25) is 0 Å². The Kier molecular flexibility index (Phi) is 2.16. The Bertz CT molecular complexity index is 586. The zero-order valence-corrected chi connectivity index (χ0v) is 9.84. The van der Waals surface area contributed by atoms with E-state index in [2.05, 4.69) is 15.9 Å². The second-order valence-corrected chi connectivity index (χ2v) is 5.76. The van der Waals surface area contributed by atoms with Crippen LogP contribution in [0.4, 0.5) is 0 Å². The molecule has 14 heavy (non-hydrogen) atoms. The molecule has 0 fully saturated rings. The summed E-state index contributed by atoms with van der Waals surface area (Å²) in [5, 5.41) is 0.901. The van der Waals surface area contributed by atoms with Crippen LogP contribution in [0, 0.1) is 0 Å². The van der Waals surface area contributed by atoms with Crippen molar-refractivity contribution in [3.05, 3.63) is 34.9 Å². The molecule has 0 N–H and O–H groups in total. The van der Waals surface area contributed by atoms with Crippen LogP contribution in [0.25, 0.3) is 10.9 Å². The molecule has 2 rings (SSSR count). The molecule has 0 unspecified atom stereocenters. The molecule has 0 aliphatic carbocycles. The second kappa shape index (κ2) is 3.10. The van der Waals surface area contributed by atoms with Gasteiger partial charge in [-0.3, -0.25) is 0 Å². The summed E-state index contributed by atoms with van der Waals surface area (Å²) >= 11 is 3.37. The van der Waals surface area contributed by atoms with Crippen molar-refractivity contribution in [3.8, 4) is 0 Å². The van der Waals surface area contributed by atoms with Crippen LogP contribution in [-0.2, 0) is 10.0 Å². The average molecular weight is 274 g/mol. The van der Waals surface area contributed by atoms with Crippen LogP contribution in [0.15, 0.2) is 34.9 Å². The van der Waals surface area contributed by atoms with Gasteiger partial charge in [-0.25, -0.2) is 12.4 Å². The summed E-state index contributed by atoms with van der Waals surface area (Å²) in [6.45, 7) is 0. The van der Waals surface area contributed by atoms with Gasteiger partial charge >= 0.3 is 0 Å². The Labute approximate surface area is 90.5 Å². The Hall–Kier alpha value is -0.810. The summed E-state index contributed by atoms with van der Waals surface area (Å²) in [4.78, 5) is 0.